The van der Waals surface area contributed by atoms with Crippen molar-refractivity contribution in [1.29, 1.82) is 0 Å². The molecule has 7 nitrogen and oxygen atoms in total. The average Bonchev–Trinajstić information content (AvgIpc) is 3.46. The minimum absolute atomic E-state index is 0.0173. The van der Waals surface area contributed by atoms with Crippen molar-refractivity contribution < 1.29 is 24.2 Å². The van der Waals surface area contributed by atoms with E-state index in [1.54, 1.807) is 11.9 Å². The van der Waals surface area contributed by atoms with Crippen molar-refractivity contribution in [2.75, 3.05) is 26.7 Å². The molecule has 0 heterocycles. The Hall–Kier alpha value is -3.35. The highest BCUT2D eigenvalue weighted by Crippen LogP contribution is 2.44. The van der Waals surface area contributed by atoms with Crippen molar-refractivity contribution in [2.24, 2.45) is 11.8 Å². The minimum atomic E-state index is -0.811. The summed E-state index contributed by atoms with van der Waals surface area (Å²) in [6, 6.07) is 16.5. The second-order valence-electron chi connectivity index (χ2n) is 9.61. The number of nitrogens with one attached hydrogen (secondary N) is 1. The number of benzene rings is 2. The Kier molecular flexibility index (Phi) is 8.06. The molecule has 0 spiro atoms. The summed E-state index contributed by atoms with van der Waals surface area (Å²) in [5.41, 5.74) is 4.73. The summed E-state index contributed by atoms with van der Waals surface area (Å²) in [4.78, 5) is 37.8. The van der Waals surface area contributed by atoms with Crippen LogP contribution in [0.2, 0.25) is 0 Å². The molecule has 0 aliphatic heterocycles. The normalized spacial score (nSPS) is 18.5. The van der Waals surface area contributed by atoms with Gasteiger partial charge in [0.15, 0.2) is 0 Å². The number of hydrogen-bond acceptors (Lipinski definition) is 4. The molecular weight excluding hydrogens is 444 g/mol. The number of ether oxygens (including phenoxy) is 1. The van der Waals surface area contributed by atoms with Gasteiger partial charge < -0.3 is 20.1 Å². The average molecular weight is 479 g/mol. The molecule has 0 aromatic heterocycles. The van der Waals surface area contributed by atoms with Gasteiger partial charge in [-0.25, -0.2) is 4.79 Å². The maximum absolute atomic E-state index is 12.9. The second-order valence-corrected chi connectivity index (χ2v) is 9.61. The number of carbonyl (C=O) groups excluding carboxylic acids is 2. The van der Waals surface area contributed by atoms with Crippen LogP contribution in [0.15, 0.2) is 48.5 Å². The van der Waals surface area contributed by atoms with Crippen LogP contribution < -0.4 is 5.32 Å². The number of hydrogen-bond donors (Lipinski definition) is 2. The van der Waals surface area contributed by atoms with E-state index in [0.29, 0.717) is 25.9 Å². The summed E-state index contributed by atoms with van der Waals surface area (Å²) in [5, 5.41) is 11.6. The lowest BCUT2D eigenvalue weighted by Crippen LogP contribution is -2.39. The Labute approximate surface area is 206 Å². The number of alkyl carbamates (subject to hydrolysis) is 1. The van der Waals surface area contributed by atoms with Crippen LogP contribution in [0.1, 0.15) is 55.6 Å². The molecule has 2 aliphatic carbocycles. The summed E-state index contributed by atoms with van der Waals surface area (Å²) in [7, 11) is 1.78. The monoisotopic (exact) mass is 478 g/mol. The van der Waals surface area contributed by atoms with Gasteiger partial charge in [0.2, 0.25) is 5.91 Å². The zero-order valence-electron chi connectivity index (χ0n) is 20.2. The SMILES string of the molecule is CN(CCCCC(=O)O)C(=O)C1CCCC1CNC(=O)OCC1c2ccccc2-c2ccccc21. The van der Waals surface area contributed by atoms with Gasteiger partial charge in [0.05, 0.1) is 0 Å². The maximum atomic E-state index is 12.9. The van der Waals surface area contributed by atoms with E-state index in [4.69, 9.17) is 9.84 Å². The highest BCUT2D eigenvalue weighted by molar-refractivity contribution is 5.80. The number of carbonyl (C=O) groups is 3. The standard InChI is InChI=1S/C28H34N2O5/c1-30(16-7-6-15-26(31)32)27(33)20-14-8-9-19(20)17-29-28(34)35-18-25-23-12-4-2-10-21(23)22-11-3-5-13-24(22)25/h2-5,10-13,19-20,25H,6-9,14-18H2,1H3,(H,29,34)(H,31,32). The van der Waals surface area contributed by atoms with Crippen LogP contribution in [0.3, 0.4) is 0 Å². The van der Waals surface area contributed by atoms with Gasteiger partial charge in [0.25, 0.3) is 0 Å². The molecule has 2 N–H and O–H groups in total. The molecular formula is C28H34N2O5. The molecule has 2 aromatic rings. The van der Waals surface area contributed by atoms with E-state index in [2.05, 4.69) is 29.6 Å². The molecule has 1 saturated carbocycles. The topological polar surface area (TPSA) is 95.9 Å². The van der Waals surface area contributed by atoms with Crippen LogP contribution in [-0.4, -0.2) is 54.7 Å². The summed E-state index contributed by atoms with van der Waals surface area (Å²) < 4.78 is 5.63. The predicted molar refractivity (Wildman–Crippen MR) is 133 cm³/mol. The fourth-order valence-electron chi connectivity index (χ4n) is 5.49. The van der Waals surface area contributed by atoms with Gasteiger partial charge in [-0.1, -0.05) is 55.0 Å². The van der Waals surface area contributed by atoms with E-state index in [1.807, 2.05) is 24.3 Å². The van der Waals surface area contributed by atoms with E-state index >= 15 is 0 Å². The largest absolute Gasteiger partial charge is 0.481 e. The Morgan fingerprint density at radius 2 is 1.66 bits per heavy atom. The van der Waals surface area contributed by atoms with E-state index in [-0.39, 0.29) is 36.7 Å². The fraction of sp³-hybridized carbons (Fsp3) is 0.464. The Bertz CT molecular complexity index is 1020. The third-order valence-corrected chi connectivity index (χ3v) is 7.34. The molecule has 2 aliphatic rings. The van der Waals surface area contributed by atoms with Gasteiger partial charge >= 0.3 is 12.1 Å². The van der Waals surface area contributed by atoms with Crippen LogP contribution in [-0.2, 0) is 14.3 Å². The summed E-state index contributed by atoms with van der Waals surface area (Å²) >= 11 is 0. The third-order valence-electron chi connectivity index (χ3n) is 7.34. The van der Waals surface area contributed by atoms with E-state index in [9.17, 15) is 14.4 Å². The first-order valence-electron chi connectivity index (χ1n) is 12.5. The van der Waals surface area contributed by atoms with Crippen LogP contribution in [0.4, 0.5) is 4.79 Å². The number of amides is 2. The lowest BCUT2D eigenvalue weighted by Gasteiger charge is -2.25. The molecule has 1 fully saturated rings. The number of nitrogens with zero attached hydrogens (tertiary/aromatic N) is 1. The first kappa shape index (κ1) is 24.8. The highest BCUT2D eigenvalue weighted by Gasteiger charge is 2.35. The predicted octanol–water partition coefficient (Wildman–Crippen LogP) is 4.65. The smallest absolute Gasteiger partial charge is 0.407 e. The molecule has 0 saturated heterocycles. The lowest BCUT2D eigenvalue weighted by molar-refractivity contribution is -0.137. The van der Waals surface area contributed by atoms with Gasteiger partial charge in [-0.05, 0) is 53.9 Å². The van der Waals surface area contributed by atoms with Crippen molar-refractivity contribution >= 4 is 18.0 Å². The van der Waals surface area contributed by atoms with Crippen molar-refractivity contribution in [2.45, 2.75) is 44.4 Å². The Morgan fingerprint density at radius 3 is 2.31 bits per heavy atom. The number of carboxylic acids is 1. The molecule has 7 heteroatoms. The third kappa shape index (κ3) is 5.84. The first-order valence-corrected chi connectivity index (χ1v) is 12.5. The zero-order chi connectivity index (χ0) is 24.8. The number of carboxylic acid groups (broad SMARTS) is 1. The summed E-state index contributed by atoms with van der Waals surface area (Å²) in [5.74, 6) is -0.743. The maximum Gasteiger partial charge on any atom is 0.407 e. The lowest BCUT2D eigenvalue weighted by atomic mass is 9.94. The van der Waals surface area contributed by atoms with Crippen LogP contribution >= 0.6 is 0 Å². The number of aliphatic carboxylic acids is 1. The molecule has 2 unspecified atom stereocenters. The van der Waals surface area contributed by atoms with Gasteiger partial charge in [-0.3, -0.25) is 9.59 Å². The van der Waals surface area contributed by atoms with Crippen molar-refractivity contribution in [3.63, 3.8) is 0 Å². The molecule has 2 aromatic carbocycles. The van der Waals surface area contributed by atoms with E-state index < -0.39 is 12.1 Å². The van der Waals surface area contributed by atoms with E-state index in [0.717, 1.165) is 19.3 Å². The van der Waals surface area contributed by atoms with Crippen molar-refractivity contribution in [3.05, 3.63) is 59.7 Å². The molecule has 4 rings (SSSR count). The van der Waals surface area contributed by atoms with Gasteiger partial charge in [-0.2, -0.15) is 0 Å². The number of rotatable bonds is 10. The highest BCUT2D eigenvalue weighted by atomic mass is 16.5. The summed E-state index contributed by atoms with van der Waals surface area (Å²) in [6.45, 7) is 1.24. The number of fused-ring (bicyclic) bond motifs is 3. The minimum Gasteiger partial charge on any atom is -0.481 e. The first-order chi connectivity index (χ1) is 17.0. The van der Waals surface area contributed by atoms with Gasteiger partial charge in [0, 0.05) is 38.4 Å². The zero-order valence-corrected chi connectivity index (χ0v) is 20.2. The van der Waals surface area contributed by atoms with Gasteiger partial charge in [-0.15, -0.1) is 0 Å². The Morgan fingerprint density at radius 1 is 1.00 bits per heavy atom. The van der Waals surface area contributed by atoms with Crippen LogP contribution in [0.25, 0.3) is 11.1 Å². The molecule has 2 atom stereocenters. The molecule has 35 heavy (non-hydrogen) atoms. The molecule has 0 bridgehead atoms. The van der Waals surface area contributed by atoms with Crippen LogP contribution in [0.5, 0.6) is 0 Å². The van der Waals surface area contributed by atoms with Crippen LogP contribution in [0, 0.1) is 11.8 Å². The number of unbranched alkanes of at least 4 members (excludes halogenated alkanes) is 1. The van der Waals surface area contributed by atoms with Crippen molar-refractivity contribution in [1.82, 2.24) is 10.2 Å². The quantitative estimate of drug-likeness (QED) is 0.485. The Balaban J connectivity index is 1.26. The van der Waals surface area contributed by atoms with Gasteiger partial charge in [0.1, 0.15) is 6.61 Å². The summed E-state index contributed by atoms with van der Waals surface area (Å²) in [6.07, 6.45) is 3.57. The molecule has 0 radical (unpaired) electrons. The second kappa shape index (κ2) is 11.4. The molecule has 186 valence electrons. The van der Waals surface area contributed by atoms with Crippen molar-refractivity contribution in [3.8, 4) is 11.1 Å². The molecule has 2 amide bonds. The van der Waals surface area contributed by atoms with E-state index in [1.165, 1.54) is 22.3 Å². The fourth-order valence-corrected chi connectivity index (χ4v) is 5.49.